The molecular formula is C26H22BrNO4. The van der Waals surface area contributed by atoms with Crippen LogP contribution >= 0.6 is 15.9 Å². The molecule has 0 saturated carbocycles. The van der Waals surface area contributed by atoms with Gasteiger partial charge in [0.15, 0.2) is 6.10 Å². The van der Waals surface area contributed by atoms with Crippen LogP contribution in [0.2, 0.25) is 0 Å². The SMILES string of the molecule is Cc1cc(OCC=C(C#Cc2ccccn2)c2ccc(Br)cc2)ccc1OC(C)C(=O)O. The number of carboxylic acid groups (broad SMARTS) is 1. The van der Waals surface area contributed by atoms with Gasteiger partial charge in [-0.3, -0.25) is 0 Å². The monoisotopic (exact) mass is 491 g/mol. The van der Waals surface area contributed by atoms with E-state index in [0.717, 1.165) is 21.2 Å². The average Bonchev–Trinajstić information content (AvgIpc) is 2.79. The summed E-state index contributed by atoms with van der Waals surface area (Å²) in [5.41, 5.74) is 3.29. The summed E-state index contributed by atoms with van der Waals surface area (Å²) in [5, 5.41) is 9.01. The van der Waals surface area contributed by atoms with Gasteiger partial charge in [0.05, 0.1) is 0 Å². The van der Waals surface area contributed by atoms with E-state index in [4.69, 9.17) is 14.6 Å². The zero-order chi connectivity index (χ0) is 22.9. The second-order valence-corrected chi connectivity index (χ2v) is 7.84. The maximum atomic E-state index is 11.0. The van der Waals surface area contributed by atoms with Gasteiger partial charge < -0.3 is 14.6 Å². The number of benzene rings is 2. The van der Waals surface area contributed by atoms with Crippen molar-refractivity contribution in [3.8, 4) is 23.3 Å². The van der Waals surface area contributed by atoms with Crippen molar-refractivity contribution in [1.29, 1.82) is 0 Å². The Kier molecular flexibility index (Phi) is 8.07. The first kappa shape index (κ1) is 23.1. The standard InChI is InChI=1S/C26H22BrNO4/c1-18-17-24(12-13-25(18)32-19(2)26(29)30)31-16-14-21(20-6-9-22(27)10-7-20)8-11-23-5-3-4-15-28-23/h3-7,9-10,12-15,17,19H,16H2,1-2H3,(H,29,30). The predicted octanol–water partition coefficient (Wildman–Crippen LogP) is 5.52. The fourth-order valence-electron chi connectivity index (χ4n) is 2.74. The third-order valence-corrected chi connectivity index (χ3v) is 5.01. The highest BCUT2D eigenvalue weighted by Gasteiger charge is 2.14. The molecule has 162 valence electrons. The molecule has 3 rings (SSSR count). The van der Waals surface area contributed by atoms with Gasteiger partial charge in [-0.05, 0) is 79.4 Å². The van der Waals surface area contributed by atoms with E-state index >= 15 is 0 Å². The minimum absolute atomic E-state index is 0.313. The molecule has 0 spiro atoms. The normalized spacial score (nSPS) is 11.8. The van der Waals surface area contributed by atoms with Crippen molar-refractivity contribution in [2.75, 3.05) is 6.61 Å². The third kappa shape index (κ3) is 6.73. The molecule has 0 bridgehead atoms. The number of halogens is 1. The Labute approximate surface area is 195 Å². The van der Waals surface area contributed by atoms with Crippen molar-refractivity contribution in [3.05, 3.63) is 94.2 Å². The van der Waals surface area contributed by atoms with E-state index in [9.17, 15) is 4.79 Å². The number of aryl methyl sites for hydroxylation is 1. The van der Waals surface area contributed by atoms with Crippen LogP contribution in [0.3, 0.4) is 0 Å². The maximum absolute atomic E-state index is 11.0. The molecule has 0 amide bonds. The van der Waals surface area contributed by atoms with Gasteiger partial charge in [-0.25, -0.2) is 9.78 Å². The molecule has 0 aliphatic carbocycles. The average molecular weight is 492 g/mol. The smallest absolute Gasteiger partial charge is 0.344 e. The summed E-state index contributed by atoms with van der Waals surface area (Å²) in [6.07, 6.45) is 2.71. The molecule has 0 fully saturated rings. The number of pyridine rings is 1. The lowest BCUT2D eigenvalue weighted by Gasteiger charge is -2.14. The fourth-order valence-corrected chi connectivity index (χ4v) is 3.01. The van der Waals surface area contributed by atoms with Crippen molar-refractivity contribution in [3.63, 3.8) is 0 Å². The number of carbonyl (C=O) groups is 1. The summed E-state index contributed by atoms with van der Waals surface area (Å²) in [7, 11) is 0. The van der Waals surface area contributed by atoms with Gasteiger partial charge >= 0.3 is 5.97 Å². The number of allylic oxidation sites excluding steroid dienone is 1. The molecule has 0 aliphatic rings. The van der Waals surface area contributed by atoms with Crippen LogP contribution in [0.4, 0.5) is 0 Å². The molecule has 2 aromatic carbocycles. The number of aromatic nitrogens is 1. The number of carboxylic acids is 1. The van der Waals surface area contributed by atoms with Crippen LogP contribution in [0.25, 0.3) is 5.57 Å². The summed E-state index contributed by atoms with van der Waals surface area (Å²) in [5.74, 6) is 6.43. The largest absolute Gasteiger partial charge is 0.489 e. The Morgan fingerprint density at radius 3 is 2.62 bits per heavy atom. The molecule has 1 heterocycles. The zero-order valence-electron chi connectivity index (χ0n) is 17.7. The number of rotatable bonds is 7. The van der Waals surface area contributed by atoms with Gasteiger partial charge in [0.2, 0.25) is 0 Å². The highest BCUT2D eigenvalue weighted by molar-refractivity contribution is 9.10. The van der Waals surface area contributed by atoms with E-state index < -0.39 is 12.1 Å². The van der Waals surface area contributed by atoms with Crippen LogP contribution in [-0.4, -0.2) is 28.8 Å². The number of aliphatic carboxylic acids is 1. The summed E-state index contributed by atoms with van der Waals surface area (Å²) < 4.78 is 12.3. The summed E-state index contributed by atoms with van der Waals surface area (Å²) in [6.45, 7) is 3.65. The van der Waals surface area contributed by atoms with Crippen molar-refractivity contribution in [2.45, 2.75) is 20.0 Å². The van der Waals surface area contributed by atoms with Crippen LogP contribution in [0.1, 0.15) is 23.7 Å². The molecule has 1 unspecified atom stereocenters. The molecule has 6 heteroatoms. The lowest BCUT2D eigenvalue weighted by atomic mass is 10.1. The minimum Gasteiger partial charge on any atom is -0.489 e. The maximum Gasteiger partial charge on any atom is 0.344 e. The van der Waals surface area contributed by atoms with E-state index in [2.05, 4.69) is 32.8 Å². The molecule has 32 heavy (non-hydrogen) atoms. The first-order valence-corrected chi connectivity index (χ1v) is 10.7. The third-order valence-electron chi connectivity index (χ3n) is 4.48. The molecule has 1 aromatic heterocycles. The van der Waals surface area contributed by atoms with Crippen molar-refractivity contribution in [1.82, 2.24) is 4.98 Å². The van der Waals surface area contributed by atoms with Crippen molar-refractivity contribution >= 4 is 27.5 Å². The van der Waals surface area contributed by atoms with Crippen molar-refractivity contribution < 1.29 is 19.4 Å². The fraction of sp³-hybridized carbons (Fsp3) is 0.154. The van der Waals surface area contributed by atoms with Crippen LogP contribution < -0.4 is 9.47 Å². The molecule has 0 aliphatic heterocycles. The minimum atomic E-state index is -1.01. The van der Waals surface area contributed by atoms with E-state index in [1.165, 1.54) is 6.92 Å². The summed E-state index contributed by atoms with van der Waals surface area (Å²) in [4.78, 5) is 15.2. The Bertz CT molecular complexity index is 1160. The number of hydrogen-bond donors (Lipinski definition) is 1. The van der Waals surface area contributed by atoms with Gasteiger partial charge in [0.1, 0.15) is 23.8 Å². The van der Waals surface area contributed by atoms with Gasteiger partial charge in [-0.2, -0.15) is 0 Å². The first-order chi connectivity index (χ1) is 15.4. The van der Waals surface area contributed by atoms with E-state index in [1.54, 1.807) is 18.3 Å². The molecule has 1 atom stereocenters. The molecule has 3 aromatic rings. The highest BCUT2D eigenvalue weighted by atomic mass is 79.9. The van der Waals surface area contributed by atoms with Gasteiger partial charge in [0, 0.05) is 16.2 Å². The van der Waals surface area contributed by atoms with Gasteiger partial charge in [-0.15, -0.1) is 0 Å². The molecule has 0 radical (unpaired) electrons. The summed E-state index contributed by atoms with van der Waals surface area (Å²) >= 11 is 3.46. The Morgan fingerprint density at radius 2 is 1.97 bits per heavy atom. The van der Waals surface area contributed by atoms with E-state index in [0.29, 0.717) is 23.8 Å². The number of hydrogen-bond acceptors (Lipinski definition) is 4. The quantitative estimate of drug-likeness (QED) is 0.440. The van der Waals surface area contributed by atoms with Crippen LogP contribution in [0.15, 0.2) is 77.4 Å². The second kappa shape index (κ2) is 11.2. The first-order valence-electron chi connectivity index (χ1n) is 9.94. The highest BCUT2D eigenvalue weighted by Crippen LogP contribution is 2.25. The molecular weight excluding hydrogens is 470 g/mol. The number of ether oxygens (including phenoxy) is 2. The van der Waals surface area contributed by atoms with Crippen LogP contribution in [0.5, 0.6) is 11.5 Å². The van der Waals surface area contributed by atoms with E-state index in [-0.39, 0.29) is 0 Å². The second-order valence-electron chi connectivity index (χ2n) is 6.93. The lowest BCUT2D eigenvalue weighted by molar-refractivity contribution is -0.144. The lowest BCUT2D eigenvalue weighted by Crippen LogP contribution is -2.23. The molecule has 5 nitrogen and oxygen atoms in total. The van der Waals surface area contributed by atoms with Crippen LogP contribution in [0, 0.1) is 18.8 Å². The van der Waals surface area contributed by atoms with Gasteiger partial charge in [0.25, 0.3) is 0 Å². The van der Waals surface area contributed by atoms with E-state index in [1.807, 2.05) is 61.5 Å². The van der Waals surface area contributed by atoms with Crippen molar-refractivity contribution in [2.24, 2.45) is 0 Å². The van der Waals surface area contributed by atoms with Crippen LogP contribution in [-0.2, 0) is 4.79 Å². The predicted molar refractivity (Wildman–Crippen MR) is 128 cm³/mol. The topological polar surface area (TPSA) is 68.7 Å². The molecule has 0 saturated heterocycles. The Balaban J connectivity index is 1.75. The van der Waals surface area contributed by atoms with Gasteiger partial charge in [-0.1, -0.05) is 40.0 Å². The Hall–Kier alpha value is -3.56. The Morgan fingerprint density at radius 1 is 1.19 bits per heavy atom. The zero-order valence-corrected chi connectivity index (χ0v) is 19.3. The summed E-state index contributed by atoms with van der Waals surface area (Å²) in [6, 6.07) is 18.8. The molecule has 1 N–H and O–H groups in total. The number of nitrogens with zero attached hydrogens (tertiary/aromatic N) is 1.